The van der Waals surface area contributed by atoms with Gasteiger partial charge in [-0.05, 0) is 23.3 Å². The Morgan fingerprint density at radius 2 is 1.76 bits per heavy atom. The van der Waals surface area contributed by atoms with Crippen LogP contribution in [0.25, 0.3) is 0 Å². The van der Waals surface area contributed by atoms with Crippen LogP contribution in [0.4, 0.5) is 0 Å². The van der Waals surface area contributed by atoms with Crippen LogP contribution in [-0.4, -0.2) is 19.9 Å². The molecule has 0 saturated carbocycles. The smallest absolute Gasteiger partial charge is 0.119 e. The van der Waals surface area contributed by atoms with Crippen molar-refractivity contribution in [1.29, 1.82) is 0 Å². The van der Waals surface area contributed by atoms with Gasteiger partial charge < -0.3 is 20.9 Å². The molecule has 0 aliphatic rings. The Balaban J connectivity index is 2.06. The van der Waals surface area contributed by atoms with Gasteiger partial charge in [-0.2, -0.15) is 0 Å². The largest absolute Gasteiger partial charge is 0.491 e. The van der Waals surface area contributed by atoms with Crippen LogP contribution in [0, 0.1) is 0 Å². The number of nitrogens with two attached hydrogens (primary N) is 2. The predicted octanol–water partition coefficient (Wildman–Crippen LogP) is 2.24. The number of benzene rings is 2. The van der Waals surface area contributed by atoms with Gasteiger partial charge in [-0.1, -0.05) is 42.5 Å². The van der Waals surface area contributed by atoms with Gasteiger partial charge in [0.1, 0.15) is 12.4 Å². The van der Waals surface area contributed by atoms with Crippen molar-refractivity contribution in [2.24, 2.45) is 11.5 Å². The Morgan fingerprint density at radius 3 is 2.43 bits per heavy atom. The van der Waals surface area contributed by atoms with Gasteiger partial charge in [0, 0.05) is 13.5 Å². The molecule has 0 amide bonds. The molecule has 21 heavy (non-hydrogen) atoms. The van der Waals surface area contributed by atoms with E-state index < -0.39 is 6.17 Å². The Morgan fingerprint density at radius 1 is 1.00 bits per heavy atom. The van der Waals surface area contributed by atoms with E-state index in [1.807, 2.05) is 36.4 Å². The minimum atomic E-state index is -0.468. The summed E-state index contributed by atoms with van der Waals surface area (Å²) in [4.78, 5) is 0. The van der Waals surface area contributed by atoms with Crippen LogP contribution in [-0.2, 0) is 11.2 Å². The first kappa shape index (κ1) is 15.5. The lowest BCUT2D eigenvalue weighted by Gasteiger charge is -2.16. The summed E-state index contributed by atoms with van der Waals surface area (Å²) in [6.07, 6.45) is 0.342. The van der Waals surface area contributed by atoms with Gasteiger partial charge in [0.05, 0.1) is 12.3 Å². The quantitative estimate of drug-likeness (QED) is 0.766. The minimum Gasteiger partial charge on any atom is -0.491 e. The highest BCUT2D eigenvalue weighted by Gasteiger charge is 2.11. The molecule has 0 heterocycles. The van der Waals surface area contributed by atoms with Crippen molar-refractivity contribution in [2.75, 3.05) is 13.7 Å². The second-order valence-electron chi connectivity index (χ2n) is 4.96. The normalized spacial score (nSPS) is 12.4. The first-order valence-electron chi connectivity index (χ1n) is 6.99. The minimum absolute atomic E-state index is 0.0261. The molecule has 0 radical (unpaired) electrons. The zero-order chi connectivity index (χ0) is 15.1. The van der Waals surface area contributed by atoms with Crippen LogP contribution in [0.5, 0.6) is 5.75 Å². The van der Waals surface area contributed by atoms with E-state index in [4.69, 9.17) is 20.9 Å². The highest BCUT2D eigenvalue weighted by atomic mass is 16.5. The first-order valence-corrected chi connectivity index (χ1v) is 6.99. The van der Waals surface area contributed by atoms with Crippen LogP contribution in [0.15, 0.2) is 54.6 Å². The molecule has 0 saturated heterocycles. The molecule has 0 aliphatic carbocycles. The highest BCUT2D eigenvalue weighted by molar-refractivity contribution is 5.30. The average molecular weight is 286 g/mol. The molecule has 0 spiro atoms. The van der Waals surface area contributed by atoms with E-state index in [2.05, 4.69) is 18.2 Å². The van der Waals surface area contributed by atoms with Gasteiger partial charge in [-0.25, -0.2) is 0 Å². The molecular formula is C17H22N2O2. The fourth-order valence-corrected chi connectivity index (χ4v) is 2.17. The number of ether oxygens (including phenoxy) is 2. The lowest BCUT2D eigenvalue weighted by Crippen LogP contribution is -2.36. The van der Waals surface area contributed by atoms with Crippen LogP contribution < -0.4 is 16.2 Å². The van der Waals surface area contributed by atoms with E-state index in [9.17, 15) is 0 Å². The van der Waals surface area contributed by atoms with Crippen LogP contribution >= 0.6 is 0 Å². The molecule has 4 nitrogen and oxygen atoms in total. The summed E-state index contributed by atoms with van der Waals surface area (Å²) in [5.74, 6) is 0.774. The van der Waals surface area contributed by atoms with Gasteiger partial charge in [0.2, 0.25) is 0 Å². The van der Waals surface area contributed by atoms with Gasteiger partial charge >= 0.3 is 0 Å². The van der Waals surface area contributed by atoms with E-state index in [1.165, 1.54) is 0 Å². The molecule has 4 N–H and O–H groups in total. The van der Waals surface area contributed by atoms with E-state index in [-0.39, 0.29) is 6.10 Å². The topological polar surface area (TPSA) is 70.5 Å². The Bertz CT molecular complexity index is 543. The molecular weight excluding hydrogens is 264 g/mol. The Hall–Kier alpha value is -1.88. The molecule has 1 atom stereocenters. The molecule has 4 heteroatoms. The monoisotopic (exact) mass is 286 g/mol. The molecule has 2 aromatic rings. The Labute approximate surface area is 125 Å². The van der Waals surface area contributed by atoms with Gasteiger partial charge in [-0.3, -0.25) is 0 Å². The zero-order valence-corrected chi connectivity index (χ0v) is 12.2. The molecule has 1 unspecified atom stereocenters. The zero-order valence-electron chi connectivity index (χ0n) is 12.2. The fraction of sp³-hybridized carbons (Fsp3) is 0.294. The summed E-state index contributed by atoms with van der Waals surface area (Å²) >= 11 is 0. The molecule has 2 aromatic carbocycles. The van der Waals surface area contributed by atoms with Crippen molar-refractivity contribution in [1.82, 2.24) is 0 Å². The van der Waals surface area contributed by atoms with Crippen molar-refractivity contribution in [3.05, 3.63) is 65.7 Å². The SMILES string of the molecule is COC(Cc1cccc(OCC(N)N)c1)c1ccccc1. The third kappa shape index (κ3) is 4.86. The third-order valence-electron chi connectivity index (χ3n) is 3.22. The van der Waals surface area contributed by atoms with Crippen molar-refractivity contribution >= 4 is 0 Å². The van der Waals surface area contributed by atoms with Crippen LogP contribution in [0.2, 0.25) is 0 Å². The lowest BCUT2D eigenvalue weighted by atomic mass is 10.0. The maximum atomic E-state index is 5.60. The van der Waals surface area contributed by atoms with Crippen LogP contribution in [0.1, 0.15) is 17.2 Å². The summed E-state index contributed by atoms with van der Waals surface area (Å²) < 4.78 is 11.1. The number of hydrogen-bond acceptors (Lipinski definition) is 4. The molecule has 0 fully saturated rings. The van der Waals surface area contributed by atoms with E-state index in [1.54, 1.807) is 7.11 Å². The van der Waals surface area contributed by atoms with Crippen molar-refractivity contribution in [3.8, 4) is 5.75 Å². The number of hydrogen-bond donors (Lipinski definition) is 2. The van der Waals surface area contributed by atoms with Gasteiger partial charge in [0.25, 0.3) is 0 Å². The molecule has 112 valence electrons. The van der Waals surface area contributed by atoms with E-state index in [0.29, 0.717) is 6.61 Å². The maximum Gasteiger partial charge on any atom is 0.119 e. The van der Waals surface area contributed by atoms with Gasteiger partial charge in [0.15, 0.2) is 0 Å². The third-order valence-corrected chi connectivity index (χ3v) is 3.22. The molecule has 0 bridgehead atoms. The van der Waals surface area contributed by atoms with Crippen molar-refractivity contribution in [2.45, 2.75) is 18.7 Å². The van der Waals surface area contributed by atoms with E-state index in [0.717, 1.165) is 23.3 Å². The van der Waals surface area contributed by atoms with Crippen LogP contribution in [0.3, 0.4) is 0 Å². The molecule has 0 aliphatic heterocycles. The lowest BCUT2D eigenvalue weighted by molar-refractivity contribution is 0.103. The summed E-state index contributed by atoms with van der Waals surface area (Å²) in [6, 6.07) is 18.1. The van der Waals surface area contributed by atoms with Crippen molar-refractivity contribution < 1.29 is 9.47 Å². The second-order valence-corrected chi connectivity index (χ2v) is 4.96. The maximum absolute atomic E-state index is 5.60. The number of methoxy groups -OCH3 is 1. The predicted molar refractivity (Wildman–Crippen MR) is 84.0 cm³/mol. The summed E-state index contributed by atoms with van der Waals surface area (Å²) in [5.41, 5.74) is 13.3. The molecule has 2 rings (SSSR count). The first-order chi connectivity index (χ1) is 10.2. The summed E-state index contributed by atoms with van der Waals surface area (Å²) in [6.45, 7) is 0.301. The Kier molecular flexibility index (Phi) is 5.75. The summed E-state index contributed by atoms with van der Waals surface area (Å²) in [5, 5.41) is 0. The van der Waals surface area contributed by atoms with Crippen molar-refractivity contribution in [3.63, 3.8) is 0 Å². The second kappa shape index (κ2) is 7.78. The summed E-state index contributed by atoms with van der Waals surface area (Å²) in [7, 11) is 1.73. The van der Waals surface area contributed by atoms with E-state index >= 15 is 0 Å². The molecule has 0 aromatic heterocycles. The standard InChI is InChI=1S/C17H22N2O2/c1-20-16(14-7-3-2-4-8-14)11-13-6-5-9-15(10-13)21-12-17(18)19/h2-10,16-17H,11-12,18-19H2,1H3. The fourth-order valence-electron chi connectivity index (χ4n) is 2.17. The van der Waals surface area contributed by atoms with Gasteiger partial charge in [-0.15, -0.1) is 0 Å². The number of rotatable bonds is 7. The average Bonchev–Trinajstić information content (AvgIpc) is 2.52. The highest BCUT2D eigenvalue weighted by Crippen LogP contribution is 2.23.